The van der Waals surface area contributed by atoms with Crippen LogP contribution in [-0.2, 0) is 16.1 Å². The number of fused-ring (bicyclic) bond motifs is 1. The molecule has 21 heavy (non-hydrogen) atoms. The van der Waals surface area contributed by atoms with Gasteiger partial charge in [0, 0.05) is 25.9 Å². The van der Waals surface area contributed by atoms with Crippen molar-refractivity contribution >= 4 is 11.9 Å². The average molecular weight is 291 g/mol. The summed E-state index contributed by atoms with van der Waals surface area (Å²) in [4.78, 5) is 24.4. The van der Waals surface area contributed by atoms with Crippen LogP contribution in [0, 0.1) is 5.92 Å². The van der Waals surface area contributed by atoms with Crippen LogP contribution in [0.2, 0.25) is 0 Å². The topological polar surface area (TPSA) is 76.1 Å². The summed E-state index contributed by atoms with van der Waals surface area (Å²) < 4.78 is 11.2. The number of nitrogens with zero attached hydrogens (tertiary/aromatic N) is 1. The van der Waals surface area contributed by atoms with E-state index in [1.807, 2.05) is 18.2 Å². The molecule has 1 atom stereocenters. The highest BCUT2D eigenvalue weighted by molar-refractivity contribution is 5.86. The number of ether oxygens (including phenoxy) is 2. The second-order valence-corrected chi connectivity index (χ2v) is 5.35. The van der Waals surface area contributed by atoms with E-state index in [-0.39, 0.29) is 18.9 Å². The first-order valence-corrected chi connectivity index (χ1v) is 7.02. The van der Waals surface area contributed by atoms with E-state index in [2.05, 4.69) is 0 Å². The van der Waals surface area contributed by atoms with Crippen LogP contribution < -0.4 is 9.47 Å². The Labute approximate surface area is 122 Å². The van der Waals surface area contributed by atoms with Gasteiger partial charge < -0.3 is 19.5 Å². The minimum atomic E-state index is -0.912. The highest BCUT2D eigenvalue weighted by atomic mass is 16.5. The summed E-state index contributed by atoms with van der Waals surface area (Å²) in [6, 6.07) is 5.59. The predicted octanol–water partition coefficient (Wildman–Crippen LogP) is 1.28. The van der Waals surface area contributed by atoms with Gasteiger partial charge in [0.25, 0.3) is 0 Å². The van der Waals surface area contributed by atoms with Crippen LogP contribution in [-0.4, -0.2) is 41.6 Å². The highest BCUT2D eigenvalue weighted by Crippen LogP contribution is 2.31. The molecule has 0 bridgehead atoms. The fourth-order valence-corrected chi connectivity index (χ4v) is 2.62. The molecule has 1 aromatic carbocycles. The maximum absolute atomic E-state index is 11.8. The Morgan fingerprint density at radius 1 is 1.29 bits per heavy atom. The quantitative estimate of drug-likeness (QED) is 0.908. The predicted molar refractivity (Wildman–Crippen MR) is 73.2 cm³/mol. The Morgan fingerprint density at radius 2 is 2.05 bits per heavy atom. The molecule has 1 amide bonds. The molecular weight excluding hydrogens is 274 g/mol. The maximum atomic E-state index is 11.8. The molecule has 0 aliphatic carbocycles. The fraction of sp³-hybridized carbons (Fsp3) is 0.467. The first-order valence-electron chi connectivity index (χ1n) is 7.02. The molecular formula is C15H17NO5. The van der Waals surface area contributed by atoms with Crippen LogP contribution in [0.15, 0.2) is 18.2 Å². The van der Waals surface area contributed by atoms with Crippen LogP contribution in [0.25, 0.3) is 0 Å². The van der Waals surface area contributed by atoms with Gasteiger partial charge in [-0.05, 0) is 17.7 Å². The van der Waals surface area contributed by atoms with Crippen molar-refractivity contribution in [1.82, 2.24) is 4.90 Å². The fourth-order valence-electron chi connectivity index (χ4n) is 2.62. The van der Waals surface area contributed by atoms with Gasteiger partial charge in [-0.3, -0.25) is 9.59 Å². The third-order valence-electron chi connectivity index (χ3n) is 3.75. The highest BCUT2D eigenvalue weighted by Gasteiger charge is 2.34. The molecule has 1 aromatic rings. The monoisotopic (exact) mass is 291 g/mol. The largest absolute Gasteiger partial charge is 0.490 e. The van der Waals surface area contributed by atoms with Gasteiger partial charge >= 0.3 is 5.97 Å². The minimum absolute atomic E-state index is 0.0832. The summed E-state index contributed by atoms with van der Waals surface area (Å²) in [7, 11) is 0. The molecule has 0 saturated carbocycles. The molecule has 6 nitrogen and oxygen atoms in total. The number of hydrogen-bond acceptors (Lipinski definition) is 4. The maximum Gasteiger partial charge on any atom is 0.308 e. The third kappa shape index (κ3) is 2.94. The smallest absolute Gasteiger partial charge is 0.308 e. The minimum Gasteiger partial charge on any atom is -0.490 e. The summed E-state index contributed by atoms with van der Waals surface area (Å²) in [6.07, 6.45) is 0.925. The second kappa shape index (κ2) is 5.63. The number of carbonyl (C=O) groups is 2. The number of hydrogen-bond donors (Lipinski definition) is 1. The molecule has 1 fully saturated rings. The van der Waals surface area contributed by atoms with Gasteiger partial charge in [-0.1, -0.05) is 6.07 Å². The number of carbonyl (C=O) groups excluding carboxylic acids is 1. The van der Waals surface area contributed by atoms with E-state index < -0.39 is 11.9 Å². The van der Waals surface area contributed by atoms with Crippen LogP contribution >= 0.6 is 0 Å². The van der Waals surface area contributed by atoms with Crippen molar-refractivity contribution in [2.24, 2.45) is 5.92 Å². The summed E-state index contributed by atoms with van der Waals surface area (Å²) >= 11 is 0. The van der Waals surface area contributed by atoms with E-state index in [4.69, 9.17) is 14.6 Å². The zero-order valence-corrected chi connectivity index (χ0v) is 11.6. The molecule has 0 aromatic heterocycles. The van der Waals surface area contributed by atoms with Gasteiger partial charge in [-0.15, -0.1) is 0 Å². The van der Waals surface area contributed by atoms with Crippen molar-refractivity contribution in [3.05, 3.63) is 23.8 Å². The molecule has 112 valence electrons. The molecule has 1 saturated heterocycles. The number of likely N-dealkylation sites (tertiary alicyclic amines) is 1. The lowest BCUT2D eigenvalue weighted by atomic mass is 10.1. The lowest BCUT2D eigenvalue weighted by Crippen LogP contribution is -2.25. The van der Waals surface area contributed by atoms with Crippen LogP contribution in [0.3, 0.4) is 0 Å². The van der Waals surface area contributed by atoms with Crippen LogP contribution in [0.4, 0.5) is 0 Å². The van der Waals surface area contributed by atoms with Crippen LogP contribution in [0.5, 0.6) is 11.5 Å². The first kappa shape index (κ1) is 13.7. The number of carboxylic acids is 1. The van der Waals surface area contributed by atoms with Crippen molar-refractivity contribution < 1.29 is 24.2 Å². The van der Waals surface area contributed by atoms with E-state index in [1.54, 1.807) is 4.90 Å². The molecule has 3 rings (SSSR count). The van der Waals surface area contributed by atoms with E-state index in [0.717, 1.165) is 12.0 Å². The number of benzene rings is 1. The Bertz CT molecular complexity index is 571. The summed E-state index contributed by atoms with van der Waals surface area (Å²) in [6.45, 7) is 1.92. The zero-order chi connectivity index (χ0) is 14.8. The van der Waals surface area contributed by atoms with Crippen molar-refractivity contribution in [1.29, 1.82) is 0 Å². The van der Waals surface area contributed by atoms with E-state index in [1.165, 1.54) is 0 Å². The molecule has 2 aliphatic rings. The van der Waals surface area contributed by atoms with Crippen molar-refractivity contribution in [2.45, 2.75) is 19.4 Å². The Kier molecular flexibility index (Phi) is 3.68. The normalized spacial score (nSPS) is 21.2. The van der Waals surface area contributed by atoms with E-state index in [9.17, 15) is 9.59 Å². The van der Waals surface area contributed by atoms with Crippen molar-refractivity contribution in [3.63, 3.8) is 0 Å². The third-order valence-corrected chi connectivity index (χ3v) is 3.75. The lowest BCUT2D eigenvalue weighted by Gasteiger charge is -2.17. The lowest BCUT2D eigenvalue weighted by molar-refractivity contribution is -0.141. The first-order chi connectivity index (χ1) is 10.1. The van der Waals surface area contributed by atoms with Gasteiger partial charge in [0.15, 0.2) is 11.5 Å². The average Bonchev–Trinajstić information content (AvgIpc) is 2.69. The van der Waals surface area contributed by atoms with E-state index >= 15 is 0 Å². The van der Waals surface area contributed by atoms with E-state index in [0.29, 0.717) is 31.3 Å². The Balaban J connectivity index is 1.72. The van der Waals surface area contributed by atoms with Crippen LogP contribution in [0.1, 0.15) is 18.4 Å². The number of amides is 1. The van der Waals surface area contributed by atoms with Crippen molar-refractivity contribution in [2.75, 3.05) is 19.8 Å². The second-order valence-electron chi connectivity index (χ2n) is 5.35. The van der Waals surface area contributed by atoms with Gasteiger partial charge in [-0.25, -0.2) is 0 Å². The molecule has 0 spiro atoms. The van der Waals surface area contributed by atoms with Gasteiger partial charge in [0.05, 0.1) is 19.1 Å². The Morgan fingerprint density at radius 3 is 2.76 bits per heavy atom. The van der Waals surface area contributed by atoms with Crippen molar-refractivity contribution in [3.8, 4) is 11.5 Å². The number of aliphatic carboxylic acids is 1. The van der Waals surface area contributed by atoms with Gasteiger partial charge in [0.1, 0.15) is 0 Å². The van der Waals surface area contributed by atoms with Gasteiger partial charge in [-0.2, -0.15) is 0 Å². The molecule has 6 heteroatoms. The number of rotatable bonds is 3. The SMILES string of the molecule is O=C(O)C1CC(=O)N(Cc2ccc3c(c2)OCCCO3)C1. The molecule has 1 N–H and O–H groups in total. The summed E-state index contributed by atoms with van der Waals surface area (Å²) in [5.74, 6) is -0.226. The summed E-state index contributed by atoms with van der Waals surface area (Å²) in [5, 5.41) is 8.99. The molecule has 1 unspecified atom stereocenters. The standard InChI is InChI=1S/C15H17NO5/c17-14-7-11(15(18)19)9-16(14)8-10-2-3-12-13(6-10)21-5-1-4-20-12/h2-3,6,11H,1,4-5,7-9H2,(H,18,19). The zero-order valence-electron chi connectivity index (χ0n) is 11.6. The molecule has 2 aliphatic heterocycles. The molecule has 2 heterocycles. The van der Waals surface area contributed by atoms with Gasteiger partial charge in [0.2, 0.25) is 5.91 Å². The Hall–Kier alpha value is -2.24. The number of carboxylic acid groups (broad SMARTS) is 1. The summed E-state index contributed by atoms with van der Waals surface area (Å²) in [5.41, 5.74) is 0.915. The molecule has 0 radical (unpaired) electrons.